The Morgan fingerprint density at radius 2 is 1.70 bits per heavy atom. The number of hydrogen-bond donors (Lipinski definition) is 1. The van der Waals surface area contributed by atoms with Gasteiger partial charge in [-0.25, -0.2) is 0 Å². The largest absolute Gasteiger partial charge is 0.493 e. The van der Waals surface area contributed by atoms with Gasteiger partial charge in [0.2, 0.25) is 5.75 Å². The van der Waals surface area contributed by atoms with E-state index >= 15 is 0 Å². The Kier molecular flexibility index (Phi) is 6.36. The summed E-state index contributed by atoms with van der Waals surface area (Å²) in [6, 6.07) is 13.7. The monoisotopic (exact) mass is 522 g/mol. The zero-order valence-corrected chi connectivity index (χ0v) is 22.7. The highest BCUT2D eigenvalue weighted by Crippen LogP contribution is 2.47. The topological polar surface area (TPSA) is 73.0 Å². The molecule has 5 rings (SSSR count). The fourth-order valence-corrected chi connectivity index (χ4v) is 5.40. The number of benzene rings is 3. The number of halogens is 1. The van der Waals surface area contributed by atoms with Crippen LogP contribution in [0.1, 0.15) is 42.7 Å². The lowest BCUT2D eigenvalue weighted by atomic mass is 9.95. The molecule has 8 heteroatoms. The number of amides is 1. The molecule has 0 saturated carbocycles. The number of anilines is 1. The molecule has 194 valence electrons. The molecule has 4 aromatic rings. The summed E-state index contributed by atoms with van der Waals surface area (Å²) < 4.78 is 23.0. The molecule has 0 bridgehead atoms. The van der Waals surface area contributed by atoms with E-state index in [1.807, 2.05) is 51.1 Å². The molecule has 1 aromatic heterocycles. The van der Waals surface area contributed by atoms with Gasteiger partial charge in [-0.2, -0.15) is 0 Å². The van der Waals surface area contributed by atoms with Crippen LogP contribution in [0.5, 0.6) is 23.0 Å². The van der Waals surface area contributed by atoms with E-state index in [0.29, 0.717) is 40.9 Å². The third-order valence-corrected chi connectivity index (χ3v) is 7.00. The van der Waals surface area contributed by atoms with E-state index in [0.717, 1.165) is 33.2 Å². The van der Waals surface area contributed by atoms with E-state index in [-0.39, 0.29) is 11.8 Å². The molecular formula is C29H31ClN2O5. The molecule has 2 heterocycles. The van der Waals surface area contributed by atoms with Gasteiger partial charge >= 0.3 is 0 Å². The van der Waals surface area contributed by atoms with Crippen LogP contribution >= 0.6 is 11.6 Å². The summed E-state index contributed by atoms with van der Waals surface area (Å²) >= 11 is 6.45. The number of alkyl halides is 1. The second-order valence-electron chi connectivity index (χ2n) is 10.1. The molecule has 1 aliphatic rings. The number of hydrogen-bond acceptors (Lipinski definition) is 5. The van der Waals surface area contributed by atoms with E-state index in [4.69, 9.17) is 30.5 Å². The molecule has 0 aliphatic carbocycles. The first-order valence-electron chi connectivity index (χ1n) is 12.1. The minimum absolute atomic E-state index is 0.00620. The number of aromatic nitrogens is 1. The van der Waals surface area contributed by atoms with Gasteiger partial charge < -0.3 is 28.8 Å². The number of H-pyrrole nitrogens is 1. The summed E-state index contributed by atoms with van der Waals surface area (Å²) in [7, 11) is 4.68. The van der Waals surface area contributed by atoms with Gasteiger partial charge in [-0.05, 0) is 43.9 Å². The first-order valence-corrected chi connectivity index (χ1v) is 12.7. The summed E-state index contributed by atoms with van der Waals surface area (Å²) in [6.45, 7) is 6.51. The second-order valence-corrected chi connectivity index (χ2v) is 10.4. The Morgan fingerprint density at radius 1 is 1.00 bits per heavy atom. The maximum atomic E-state index is 14.0. The zero-order valence-electron chi connectivity index (χ0n) is 21.9. The molecule has 3 aromatic carbocycles. The van der Waals surface area contributed by atoms with Crippen LogP contribution in [0.2, 0.25) is 0 Å². The van der Waals surface area contributed by atoms with Gasteiger partial charge in [0.25, 0.3) is 5.91 Å². The predicted octanol–water partition coefficient (Wildman–Crippen LogP) is 6.51. The van der Waals surface area contributed by atoms with Crippen molar-refractivity contribution in [2.75, 3.05) is 38.7 Å². The van der Waals surface area contributed by atoms with Crippen molar-refractivity contribution in [3.8, 4) is 23.0 Å². The molecule has 0 fully saturated rings. The number of ether oxygens (including phenoxy) is 4. The summed E-state index contributed by atoms with van der Waals surface area (Å²) in [6.07, 6.45) is 0. The molecule has 0 saturated heterocycles. The predicted molar refractivity (Wildman–Crippen MR) is 147 cm³/mol. The molecule has 1 atom stereocenters. The molecule has 37 heavy (non-hydrogen) atoms. The zero-order chi connectivity index (χ0) is 26.5. The van der Waals surface area contributed by atoms with Gasteiger partial charge in [-0.3, -0.25) is 4.79 Å². The number of nitrogens with one attached hydrogen (secondary N) is 1. The molecule has 0 spiro atoms. The summed E-state index contributed by atoms with van der Waals surface area (Å²) in [5, 5.41) is 2.84. The van der Waals surface area contributed by atoms with Gasteiger partial charge in [0.05, 0.1) is 32.5 Å². The van der Waals surface area contributed by atoms with E-state index in [1.54, 1.807) is 26.2 Å². The van der Waals surface area contributed by atoms with Crippen molar-refractivity contribution >= 4 is 44.9 Å². The van der Waals surface area contributed by atoms with Crippen LogP contribution in [0.25, 0.3) is 21.7 Å². The quantitative estimate of drug-likeness (QED) is 0.292. The highest BCUT2D eigenvalue weighted by atomic mass is 35.5. The van der Waals surface area contributed by atoms with Crippen LogP contribution in [-0.2, 0) is 0 Å². The van der Waals surface area contributed by atoms with Gasteiger partial charge in [-0.1, -0.05) is 24.3 Å². The number of aromatic amines is 1. The summed E-state index contributed by atoms with van der Waals surface area (Å²) in [4.78, 5) is 19.0. The van der Waals surface area contributed by atoms with Crippen LogP contribution in [0, 0.1) is 0 Å². The molecule has 1 amide bonds. The van der Waals surface area contributed by atoms with Crippen molar-refractivity contribution < 1.29 is 23.7 Å². The lowest BCUT2D eigenvalue weighted by molar-refractivity contribution is 0.0984. The first-order chi connectivity index (χ1) is 17.7. The third kappa shape index (κ3) is 4.21. The van der Waals surface area contributed by atoms with Crippen LogP contribution in [0.3, 0.4) is 0 Å². The van der Waals surface area contributed by atoms with Crippen molar-refractivity contribution in [2.45, 2.75) is 32.3 Å². The Balaban J connectivity index is 1.66. The lowest BCUT2D eigenvalue weighted by Gasteiger charge is -2.25. The fraction of sp³-hybridized carbons (Fsp3) is 0.345. The average molecular weight is 523 g/mol. The minimum Gasteiger partial charge on any atom is -0.493 e. The van der Waals surface area contributed by atoms with Crippen LogP contribution in [-0.4, -0.2) is 50.2 Å². The van der Waals surface area contributed by atoms with E-state index in [1.165, 1.54) is 0 Å². The highest BCUT2D eigenvalue weighted by molar-refractivity contribution is 6.19. The molecule has 0 unspecified atom stereocenters. The maximum Gasteiger partial charge on any atom is 0.274 e. The number of fused-ring (bicyclic) bond motifs is 4. The van der Waals surface area contributed by atoms with Crippen molar-refractivity contribution in [3.63, 3.8) is 0 Å². The third-order valence-electron chi connectivity index (χ3n) is 6.63. The van der Waals surface area contributed by atoms with Crippen LogP contribution in [0.4, 0.5) is 5.69 Å². The molecule has 1 aliphatic heterocycles. The Hall–Kier alpha value is -3.58. The van der Waals surface area contributed by atoms with Crippen molar-refractivity contribution in [3.05, 3.63) is 53.7 Å². The number of rotatable bonds is 6. The normalized spacial score (nSPS) is 15.2. The molecule has 1 N–H and O–H groups in total. The SMILES string of the molecule is COc1cc2cc(C(=O)N3C[C@@H](CCl)c4c3cc(OC(C)(C)C)c3ccccc43)[nH]c2c(OC)c1OC. The minimum atomic E-state index is -0.401. The van der Waals surface area contributed by atoms with Gasteiger partial charge in [0.1, 0.15) is 17.0 Å². The highest BCUT2D eigenvalue weighted by Gasteiger charge is 2.36. The smallest absolute Gasteiger partial charge is 0.274 e. The summed E-state index contributed by atoms with van der Waals surface area (Å²) in [5.41, 5.74) is 2.57. The number of nitrogens with zero attached hydrogens (tertiary/aromatic N) is 1. The molecular weight excluding hydrogens is 492 g/mol. The first kappa shape index (κ1) is 25.1. The van der Waals surface area contributed by atoms with Gasteiger partial charge in [0, 0.05) is 35.2 Å². The second kappa shape index (κ2) is 9.38. The maximum absolute atomic E-state index is 14.0. The standard InChI is InChI=1S/C29H31ClN2O5/c1-29(2,3)37-22-13-21-24(19-10-8-7-9-18(19)22)17(14-30)15-32(21)28(33)20-11-16-12-23(34-4)26(35-5)27(36-6)25(16)31-20/h7-13,17,31H,14-15H2,1-6H3/t17-/m1/s1. The average Bonchev–Trinajstić information content (AvgIpc) is 3.47. The van der Waals surface area contributed by atoms with E-state index < -0.39 is 5.60 Å². The fourth-order valence-electron chi connectivity index (χ4n) is 5.15. The molecule has 7 nitrogen and oxygen atoms in total. The number of methoxy groups -OCH3 is 3. The molecule has 0 radical (unpaired) electrons. The van der Waals surface area contributed by atoms with Crippen LogP contribution in [0.15, 0.2) is 42.5 Å². The Morgan fingerprint density at radius 3 is 2.32 bits per heavy atom. The van der Waals surface area contributed by atoms with Gasteiger partial charge in [0.15, 0.2) is 11.5 Å². The number of carbonyl (C=O) groups is 1. The van der Waals surface area contributed by atoms with Crippen molar-refractivity contribution in [1.29, 1.82) is 0 Å². The number of carbonyl (C=O) groups excluding carboxylic acids is 1. The Bertz CT molecular complexity index is 1500. The van der Waals surface area contributed by atoms with Crippen LogP contribution < -0.4 is 23.8 Å². The van der Waals surface area contributed by atoms with E-state index in [9.17, 15) is 4.79 Å². The van der Waals surface area contributed by atoms with Crippen molar-refractivity contribution in [2.24, 2.45) is 0 Å². The van der Waals surface area contributed by atoms with Gasteiger partial charge in [-0.15, -0.1) is 11.6 Å². The summed E-state index contributed by atoms with van der Waals surface area (Å²) in [5.74, 6) is 2.42. The van der Waals surface area contributed by atoms with Crippen molar-refractivity contribution in [1.82, 2.24) is 4.98 Å². The lowest BCUT2D eigenvalue weighted by Crippen LogP contribution is -2.30. The Labute approximate surface area is 221 Å². The van der Waals surface area contributed by atoms with E-state index in [2.05, 4.69) is 17.1 Å².